The monoisotopic (exact) mass is 185 g/mol. The second kappa shape index (κ2) is 5.14. The molecule has 0 aromatic heterocycles. The fraction of sp³-hybridized carbons (Fsp3) is 0.333. The lowest BCUT2D eigenvalue weighted by molar-refractivity contribution is 0.135. The van der Waals surface area contributed by atoms with Gasteiger partial charge >= 0.3 is 0 Å². The summed E-state index contributed by atoms with van der Waals surface area (Å²) in [6.07, 6.45) is 1.88. The Balaban J connectivity index is 2.41. The first-order chi connectivity index (χ1) is 5.83. The minimum atomic E-state index is 0.590. The Morgan fingerprint density at radius 2 is 2.25 bits per heavy atom. The third kappa shape index (κ3) is 3.22. The third-order valence-electron chi connectivity index (χ3n) is 1.62. The van der Waals surface area contributed by atoms with E-state index >= 15 is 0 Å². The summed E-state index contributed by atoms with van der Waals surface area (Å²) < 4.78 is 0. The van der Waals surface area contributed by atoms with Gasteiger partial charge in [-0.15, -0.1) is 0 Å². The van der Waals surface area contributed by atoms with Crippen LogP contribution in [-0.2, 0) is 11.3 Å². The van der Waals surface area contributed by atoms with Crippen LogP contribution >= 0.6 is 11.6 Å². The maximum Gasteiger partial charge on any atom is 0.0682 e. The van der Waals surface area contributed by atoms with Crippen LogP contribution in [0.25, 0.3) is 0 Å². The molecule has 0 unspecified atom stereocenters. The SMILES string of the molecule is NOCCCc1cccc(Cl)c1. The Morgan fingerprint density at radius 1 is 1.42 bits per heavy atom. The molecule has 0 heterocycles. The van der Waals surface area contributed by atoms with E-state index in [4.69, 9.17) is 17.5 Å². The molecule has 0 fully saturated rings. The molecule has 0 amide bonds. The van der Waals surface area contributed by atoms with Gasteiger partial charge in [0.2, 0.25) is 0 Å². The lowest BCUT2D eigenvalue weighted by Crippen LogP contribution is -2.01. The topological polar surface area (TPSA) is 35.2 Å². The van der Waals surface area contributed by atoms with Crippen LogP contribution in [0, 0.1) is 0 Å². The maximum atomic E-state index is 5.80. The second-order valence-corrected chi connectivity index (χ2v) is 3.04. The molecule has 0 spiro atoms. The van der Waals surface area contributed by atoms with Gasteiger partial charge in [0.25, 0.3) is 0 Å². The molecule has 0 saturated carbocycles. The zero-order chi connectivity index (χ0) is 8.81. The van der Waals surface area contributed by atoms with Crippen LogP contribution in [0.2, 0.25) is 5.02 Å². The smallest absolute Gasteiger partial charge is 0.0682 e. The molecule has 0 atom stereocenters. The fourth-order valence-electron chi connectivity index (χ4n) is 1.05. The van der Waals surface area contributed by atoms with Gasteiger partial charge in [0, 0.05) is 5.02 Å². The van der Waals surface area contributed by atoms with E-state index in [0.29, 0.717) is 6.61 Å². The van der Waals surface area contributed by atoms with Gasteiger partial charge in [0.1, 0.15) is 0 Å². The molecule has 1 aromatic rings. The predicted molar refractivity (Wildman–Crippen MR) is 49.9 cm³/mol. The van der Waals surface area contributed by atoms with Gasteiger partial charge in [0.05, 0.1) is 6.61 Å². The highest BCUT2D eigenvalue weighted by Crippen LogP contribution is 2.11. The zero-order valence-electron chi connectivity index (χ0n) is 6.79. The van der Waals surface area contributed by atoms with Crippen LogP contribution in [0.3, 0.4) is 0 Å². The van der Waals surface area contributed by atoms with Crippen LogP contribution in [-0.4, -0.2) is 6.61 Å². The Hall–Kier alpha value is -0.570. The summed E-state index contributed by atoms with van der Waals surface area (Å²) in [7, 11) is 0. The highest BCUT2D eigenvalue weighted by Gasteiger charge is 1.93. The number of hydrogen-bond acceptors (Lipinski definition) is 2. The standard InChI is InChI=1S/C9H12ClNO/c10-9-5-1-3-8(7-9)4-2-6-12-11/h1,3,5,7H,2,4,6,11H2. The van der Waals surface area contributed by atoms with Gasteiger partial charge in [0.15, 0.2) is 0 Å². The Morgan fingerprint density at radius 3 is 2.92 bits per heavy atom. The highest BCUT2D eigenvalue weighted by molar-refractivity contribution is 6.30. The van der Waals surface area contributed by atoms with Crippen LogP contribution in [0.1, 0.15) is 12.0 Å². The van der Waals surface area contributed by atoms with Gasteiger partial charge in [-0.2, -0.15) is 0 Å². The van der Waals surface area contributed by atoms with Crippen LogP contribution < -0.4 is 5.90 Å². The van der Waals surface area contributed by atoms with Crippen LogP contribution in [0.15, 0.2) is 24.3 Å². The molecule has 66 valence electrons. The van der Waals surface area contributed by atoms with Gasteiger partial charge in [-0.05, 0) is 30.5 Å². The zero-order valence-corrected chi connectivity index (χ0v) is 7.55. The number of rotatable bonds is 4. The summed E-state index contributed by atoms with van der Waals surface area (Å²) in [6.45, 7) is 0.590. The largest absolute Gasteiger partial charge is 0.305 e. The second-order valence-electron chi connectivity index (χ2n) is 2.60. The fourth-order valence-corrected chi connectivity index (χ4v) is 1.26. The normalized spacial score (nSPS) is 10.2. The van der Waals surface area contributed by atoms with E-state index in [9.17, 15) is 0 Å². The first-order valence-electron chi connectivity index (χ1n) is 3.89. The van der Waals surface area contributed by atoms with Crippen LogP contribution in [0.4, 0.5) is 0 Å². The minimum absolute atomic E-state index is 0.590. The molecule has 3 heteroatoms. The summed E-state index contributed by atoms with van der Waals surface area (Å²) in [5.74, 6) is 4.90. The molecule has 0 radical (unpaired) electrons. The summed E-state index contributed by atoms with van der Waals surface area (Å²) in [5.41, 5.74) is 1.22. The molecule has 0 saturated heterocycles. The van der Waals surface area contributed by atoms with E-state index < -0.39 is 0 Å². The average Bonchev–Trinajstić information content (AvgIpc) is 2.05. The molecule has 1 aromatic carbocycles. The van der Waals surface area contributed by atoms with Crippen molar-refractivity contribution in [1.82, 2.24) is 0 Å². The van der Waals surface area contributed by atoms with E-state index in [1.54, 1.807) is 0 Å². The number of nitrogens with two attached hydrogens (primary N) is 1. The van der Waals surface area contributed by atoms with E-state index in [1.807, 2.05) is 24.3 Å². The van der Waals surface area contributed by atoms with Gasteiger partial charge < -0.3 is 4.84 Å². The predicted octanol–water partition coefficient (Wildman–Crippen LogP) is 2.16. The van der Waals surface area contributed by atoms with Gasteiger partial charge in [-0.3, -0.25) is 0 Å². The Kier molecular flexibility index (Phi) is 4.08. The van der Waals surface area contributed by atoms with Crippen molar-refractivity contribution in [3.05, 3.63) is 34.9 Å². The molecule has 0 bridgehead atoms. The van der Waals surface area contributed by atoms with Crippen molar-refractivity contribution in [3.8, 4) is 0 Å². The number of hydrogen-bond donors (Lipinski definition) is 1. The van der Waals surface area contributed by atoms with Gasteiger partial charge in [-0.1, -0.05) is 23.7 Å². The minimum Gasteiger partial charge on any atom is -0.305 e. The van der Waals surface area contributed by atoms with Gasteiger partial charge in [-0.25, -0.2) is 5.90 Å². The Labute approximate surface area is 77.2 Å². The van der Waals surface area contributed by atoms with Crippen molar-refractivity contribution in [2.75, 3.05) is 6.61 Å². The summed E-state index contributed by atoms with van der Waals surface area (Å²) in [6, 6.07) is 7.81. The van der Waals surface area contributed by atoms with Crippen molar-refractivity contribution in [2.24, 2.45) is 5.90 Å². The lowest BCUT2D eigenvalue weighted by Gasteiger charge is -2.00. The van der Waals surface area contributed by atoms with E-state index in [-0.39, 0.29) is 0 Å². The van der Waals surface area contributed by atoms with Crippen LogP contribution in [0.5, 0.6) is 0 Å². The molecule has 0 aliphatic heterocycles. The third-order valence-corrected chi connectivity index (χ3v) is 1.85. The molecular weight excluding hydrogens is 174 g/mol. The van der Waals surface area contributed by atoms with Crippen molar-refractivity contribution in [1.29, 1.82) is 0 Å². The molecule has 2 N–H and O–H groups in total. The molecule has 2 nitrogen and oxygen atoms in total. The first-order valence-corrected chi connectivity index (χ1v) is 4.27. The average molecular weight is 186 g/mol. The van der Waals surface area contributed by atoms with E-state index in [0.717, 1.165) is 17.9 Å². The molecule has 0 aliphatic rings. The summed E-state index contributed by atoms with van der Waals surface area (Å²) in [5, 5.41) is 0.779. The molecule has 1 rings (SSSR count). The van der Waals surface area contributed by atoms with E-state index in [1.165, 1.54) is 5.56 Å². The molecule has 12 heavy (non-hydrogen) atoms. The summed E-state index contributed by atoms with van der Waals surface area (Å²) >= 11 is 5.80. The molecular formula is C9H12ClNO. The lowest BCUT2D eigenvalue weighted by atomic mass is 10.1. The van der Waals surface area contributed by atoms with Crippen molar-refractivity contribution in [3.63, 3.8) is 0 Å². The van der Waals surface area contributed by atoms with Crippen molar-refractivity contribution in [2.45, 2.75) is 12.8 Å². The number of aryl methyl sites for hydroxylation is 1. The number of benzene rings is 1. The van der Waals surface area contributed by atoms with Crippen molar-refractivity contribution >= 4 is 11.6 Å². The molecule has 0 aliphatic carbocycles. The number of halogens is 1. The highest BCUT2D eigenvalue weighted by atomic mass is 35.5. The van der Waals surface area contributed by atoms with E-state index in [2.05, 4.69) is 4.84 Å². The quantitative estimate of drug-likeness (QED) is 0.577. The summed E-state index contributed by atoms with van der Waals surface area (Å²) in [4.78, 5) is 4.46. The van der Waals surface area contributed by atoms with Crippen molar-refractivity contribution < 1.29 is 4.84 Å². The first kappa shape index (κ1) is 9.52. The maximum absolute atomic E-state index is 5.80. The Bertz CT molecular complexity index is 240.